The van der Waals surface area contributed by atoms with Gasteiger partial charge in [-0.25, -0.2) is 0 Å². The van der Waals surface area contributed by atoms with E-state index in [2.05, 4.69) is 24.8 Å². The van der Waals surface area contributed by atoms with Crippen LogP contribution in [-0.2, 0) is 4.79 Å². The van der Waals surface area contributed by atoms with Gasteiger partial charge < -0.3 is 9.84 Å². The molecule has 116 valence electrons. The molecule has 1 aromatic rings. The molecule has 0 aliphatic carbocycles. The number of carbonyl (C=O) groups is 1. The van der Waals surface area contributed by atoms with Crippen molar-refractivity contribution in [2.75, 3.05) is 31.2 Å². The van der Waals surface area contributed by atoms with Crippen molar-refractivity contribution in [3.63, 3.8) is 0 Å². The minimum absolute atomic E-state index is 0.342. The lowest BCUT2D eigenvalue weighted by Crippen LogP contribution is -2.47. The highest BCUT2D eigenvalue weighted by Gasteiger charge is 2.28. The fourth-order valence-corrected chi connectivity index (χ4v) is 3.50. The largest absolute Gasteiger partial charge is 0.494 e. The van der Waals surface area contributed by atoms with E-state index in [0.29, 0.717) is 12.4 Å². The van der Waals surface area contributed by atoms with Crippen molar-refractivity contribution in [3.05, 3.63) is 29.3 Å². The van der Waals surface area contributed by atoms with Crippen LogP contribution in [0.4, 0.5) is 0 Å². The average molecular weight is 309 g/mol. The number of thioether (sulfide) groups is 1. The summed E-state index contributed by atoms with van der Waals surface area (Å²) < 4.78 is 5.75. The molecule has 1 N–H and O–H groups in total. The van der Waals surface area contributed by atoms with Crippen LogP contribution in [0.1, 0.15) is 17.5 Å². The Kier molecular flexibility index (Phi) is 5.94. The number of carboxylic acid groups (broad SMARTS) is 1. The van der Waals surface area contributed by atoms with Gasteiger partial charge in [-0.05, 0) is 43.5 Å². The maximum Gasteiger partial charge on any atom is 0.321 e. The summed E-state index contributed by atoms with van der Waals surface area (Å²) in [5.74, 6) is 1.88. The number of aryl methyl sites for hydroxylation is 2. The maximum absolute atomic E-state index is 11.2. The zero-order valence-electron chi connectivity index (χ0n) is 12.7. The van der Waals surface area contributed by atoms with Gasteiger partial charge in [0, 0.05) is 24.6 Å². The van der Waals surface area contributed by atoms with Gasteiger partial charge in [0.25, 0.3) is 0 Å². The third-order valence-electron chi connectivity index (χ3n) is 3.86. The smallest absolute Gasteiger partial charge is 0.321 e. The highest BCUT2D eigenvalue weighted by Crippen LogP contribution is 2.18. The Labute approximate surface area is 130 Å². The van der Waals surface area contributed by atoms with Crippen molar-refractivity contribution >= 4 is 17.7 Å². The Bertz CT molecular complexity index is 492. The lowest BCUT2D eigenvalue weighted by molar-refractivity contribution is -0.142. The van der Waals surface area contributed by atoms with E-state index in [-0.39, 0.29) is 6.04 Å². The molecule has 1 aromatic carbocycles. The van der Waals surface area contributed by atoms with E-state index in [1.165, 1.54) is 11.1 Å². The molecule has 0 saturated carbocycles. The zero-order valence-corrected chi connectivity index (χ0v) is 13.5. The summed E-state index contributed by atoms with van der Waals surface area (Å²) in [6.07, 6.45) is 0.849. The molecule has 0 radical (unpaired) electrons. The predicted octanol–water partition coefficient (Wildman–Crippen LogP) is 2.57. The summed E-state index contributed by atoms with van der Waals surface area (Å²) in [5.41, 5.74) is 2.49. The van der Waals surface area contributed by atoms with Crippen LogP contribution in [0.25, 0.3) is 0 Å². The van der Waals surface area contributed by atoms with Crippen LogP contribution in [0.15, 0.2) is 18.2 Å². The quantitative estimate of drug-likeness (QED) is 0.819. The van der Waals surface area contributed by atoms with Gasteiger partial charge in [-0.3, -0.25) is 9.69 Å². The molecule has 1 aliphatic rings. The average Bonchev–Trinajstić information content (AvgIpc) is 2.47. The molecular formula is C16H23NO3S. The summed E-state index contributed by atoms with van der Waals surface area (Å²) in [7, 11) is 0. The molecular weight excluding hydrogens is 286 g/mol. The molecule has 0 bridgehead atoms. The van der Waals surface area contributed by atoms with E-state index < -0.39 is 5.97 Å². The minimum Gasteiger partial charge on any atom is -0.494 e. The van der Waals surface area contributed by atoms with Gasteiger partial charge in [0.2, 0.25) is 0 Å². The number of benzene rings is 1. The van der Waals surface area contributed by atoms with E-state index in [1.807, 2.05) is 12.1 Å². The Morgan fingerprint density at radius 2 is 2.24 bits per heavy atom. The summed E-state index contributed by atoms with van der Waals surface area (Å²) in [6, 6.07) is 5.75. The first kappa shape index (κ1) is 16.2. The molecule has 1 saturated heterocycles. The SMILES string of the molecule is Cc1ccc(OCCCN2CCSCC2C(=O)O)cc1C. The van der Waals surface area contributed by atoms with Crippen LogP contribution in [0, 0.1) is 13.8 Å². The van der Waals surface area contributed by atoms with Gasteiger partial charge in [-0.15, -0.1) is 0 Å². The molecule has 0 aromatic heterocycles. The van der Waals surface area contributed by atoms with E-state index in [1.54, 1.807) is 11.8 Å². The number of nitrogens with zero attached hydrogens (tertiary/aromatic N) is 1. The molecule has 1 aliphatic heterocycles. The summed E-state index contributed by atoms with van der Waals surface area (Å²) in [6.45, 7) is 6.41. The van der Waals surface area contributed by atoms with Crippen molar-refractivity contribution in [3.8, 4) is 5.75 Å². The molecule has 0 amide bonds. The van der Waals surface area contributed by atoms with E-state index >= 15 is 0 Å². The van der Waals surface area contributed by atoms with Crippen LogP contribution in [0.5, 0.6) is 5.75 Å². The molecule has 1 atom stereocenters. The molecule has 4 nitrogen and oxygen atoms in total. The molecule has 0 spiro atoms. The van der Waals surface area contributed by atoms with Crippen LogP contribution < -0.4 is 4.74 Å². The zero-order chi connectivity index (χ0) is 15.2. The van der Waals surface area contributed by atoms with Gasteiger partial charge in [0.05, 0.1) is 6.61 Å². The van der Waals surface area contributed by atoms with E-state index in [4.69, 9.17) is 4.74 Å². The van der Waals surface area contributed by atoms with Crippen molar-refractivity contribution in [1.29, 1.82) is 0 Å². The fourth-order valence-electron chi connectivity index (χ4n) is 2.39. The third kappa shape index (κ3) is 4.64. The second-order valence-corrected chi connectivity index (χ2v) is 6.56. The standard InChI is InChI=1S/C16H23NO3S/c1-12-4-5-14(10-13(12)2)20-8-3-6-17-7-9-21-11-15(17)16(18)19/h4-5,10,15H,3,6-9,11H2,1-2H3,(H,18,19). The van der Waals surface area contributed by atoms with Crippen molar-refractivity contribution in [1.82, 2.24) is 4.90 Å². The lowest BCUT2D eigenvalue weighted by Gasteiger charge is -2.32. The number of aliphatic carboxylic acids is 1. The first-order valence-electron chi connectivity index (χ1n) is 7.32. The first-order chi connectivity index (χ1) is 10.1. The second kappa shape index (κ2) is 7.71. The minimum atomic E-state index is -0.711. The molecule has 1 fully saturated rings. The summed E-state index contributed by atoms with van der Waals surface area (Å²) in [4.78, 5) is 13.3. The van der Waals surface area contributed by atoms with Gasteiger partial charge in [-0.1, -0.05) is 6.07 Å². The number of carboxylic acids is 1. The van der Waals surface area contributed by atoms with E-state index in [0.717, 1.165) is 31.0 Å². The third-order valence-corrected chi connectivity index (χ3v) is 4.88. The Morgan fingerprint density at radius 1 is 1.43 bits per heavy atom. The number of ether oxygens (including phenoxy) is 1. The number of rotatable bonds is 6. The number of hydrogen-bond donors (Lipinski definition) is 1. The number of hydrogen-bond acceptors (Lipinski definition) is 4. The van der Waals surface area contributed by atoms with Crippen LogP contribution in [-0.4, -0.2) is 53.2 Å². The summed E-state index contributed by atoms with van der Waals surface area (Å²) >= 11 is 1.72. The molecule has 2 rings (SSSR count). The highest BCUT2D eigenvalue weighted by atomic mass is 32.2. The first-order valence-corrected chi connectivity index (χ1v) is 8.48. The lowest BCUT2D eigenvalue weighted by atomic mass is 10.1. The van der Waals surface area contributed by atoms with Crippen LogP contribution in [0.2, 0.25) is 0 Å². The highest BCUT2D eigenvalue weighted by molar-refractivity contribution is 7.99. The topological polar surface area (TPSA) is 49.8 Å². The van der Waals surface area contributed by atoms with E-state index in [9.17, 15) is 9.90 Å². The molecule has 1 unspecified atom stereocenters. The maximum atomic E-state index is 11.2. The predicted molar refractivity (Wildman–Crippen MR) is 86.3 cm³/mol. The Morgan fingerprint density at radius 3 is 2.95 bits per heavy atom. The van der Waals surface area contributed by atoms with Crippen LogP contribution >= 0.6 is 11.8 Å². The van der Waals surface area contributed by atoms with Crippen molar-refractivity contribution in [2.45, 2.75) is 26.3 Å². The monoisotopic (exact) mass is 309 g/mol. The molecule has 1 heterocycles. The van der Waals surface area contributed by atoms with Crippen molar-refractivity contribution in [2.24, 2.45) is 0 Å². The second-order valence-electron chi connectivity index (χ2n) is 5.41. The van der Waals surface area contributed by atoms with Gasteiger partial charge >= 0.3 is 5.97 Å². The van der Waals surface area contributed by atoms with Gasteiger partial charge in [-0.2, -0.15) is 11.8 Å². The normalized spacial score (nSPS) is 19.4. The van der Waals surface area contributed by atoms with Crippen LogP contribution in [0.3, 0.4) is 0 Å². The fraction of sp³-hybridized carbons (Fsp3) is 0.562. The van der Waals surface area contributed by atoms with Gasteiger partial charge in [0.1, 0.15) is 11.8 Å². The molecule has 5 heteroatoms. The van der Waals surface area contributed by atoms with Gasteiger partial charge in [0.15, 0.2) is 0 Å². The Hall–Kier alpha value is -1.20. The summed E-state index contributed by atoms with van der Waals surface area (Å²) in [5, 5.41) is 9.21. The Balaban J connectivity index is 1.75. The molecule has 21 heavy (non-hydrogen) atoms. The van der Waals surface area contributed by atoms with Crippen molar-refractivity contribution < 1.29 is 14.6 Å².